The third-order valence-electron chi connectivity index (χ3n) is 2.49. The molecule has 0 bridgehead atoms. The highest BCUT2D eigenvalue weighted by molar-refractivity contribution is 6.33. The van der Waals surface area contributed by atoms with Crippen LogP contribution in [0.5, 0.6) is 11.5 Å². The van der Waals surface area contributed by atoms with E-state index < -0.39 is 5.41 Å². The van der Waals surface area contributed by atoms with Crippen molar-refractivity contribution < 1.29 is 15.3 Å². The zero-order valence-electron chi connectivity index (χ0n) is 9.00. The minimum atomic E-state index is -0.549. The van der Waals surface area contributed by atoms with Gasteiger partial charge in [-0.25, -0.2) is 0 Å². The Morgan fingerprint density at radius 3 is 2.33 bits per heavy atom. The fourth-order valence-electron chi connectivity index (χ4n) is 1.66. The highest BCUT2D eigenvalue weighted by Gasteiger charge is 2.27. The van der Waals surface area contributed by atoms with E-state index in [9.17, 15) is 15.3 Å². The molecule has 1 aromatic rings. The van der Waals surface area contributed by atoms with Crippen molar-refractivity contribution in [2.24, 2.45) is 0 Å². The molecule has 15 heavy (non-hydrogen) atoms. The van der Waals surface area contributed by atoms with Crippen LogP contribution >= 0.6 is 11.6 Å². The highest BCUT2D eigenvalue weighted by atomic mass is 35.5. The van der Waals surface area contributed by atoms with E-state index in [1.165, 1.54) is 6.07 Å². The van der Waals surface area contributed by atoms with Crippen LogP contribution in [0.15, 0.2) is 6.07 Å². The fourth-order valence-corrected chi connectivity index (χ4v) is 2.16. The van der Waals surface area contributed by atoms with Crippen LogP contribution in [0.1, 0.15) is 25.0 Å². The molecule has 0 aromatic heterocycles. The second kappa shape index (κ2) is 3.91. The number of aliphatic hydroxyl groups excluding tert-OH is 1. The first-order valence-corrected chi connectivity index (χ1v) is 5.01. The smallest absolute Gasteiger partial charge is 0.176 e. The summed E-state index contributed by atoms with van der Waals surface area (Å²) in [5, 5.41) is 28.2. The molecule has 1 rings (SSSR count). The third-order valence-corrected chi connectivity index (χ3v) is 2.86. The molecule has 0 spiro atoms. The highest BCUT2D eigenvalue weighted by Crippen LogP contribution is 2.42. The van der Waals surface area contributed by atoms with Crippen molar-refractivity contribution in [1.82, 2.24) is 0 Å². The summed E-state index contributed by atoms with van der Waals surface area (Å²) < 4.78 is 0. The number of hydrogen-bond donors (Lipinski definition) is 3. The van der Waals surface area contributed by atoms with E-state index in [-0.39, 0.29) is 23.1 Å². The third kappa shape index (κ3) is 2.03. The Morgan fingerprint density at radius 1 is 1.33 bits per heavy atom. The molecule has 0 radical (unpaired) electrons. The molecule has 3 N–H and O–H groups in total. The Balaban J connectivity index is 3.49. The van der Waals surface area contributed by atoms with Gasteiger partial charge in [0, 0.05) is 5.41 Å². The molecule has 0 amide bonds. The van der Waals surface area contributed by atoms with E-state index in [2.05, 4.69) is 0 Å². The Hall–Kier alpha value is -0.930. The summed E-state index contributed by atoms with van der Waals surface area (Å²) in [6.45, 7) is 5.32. The lowest BCUT2D eigenvalue weighted by molar-refractivity contribution is 0.217. The molecule has 0 atom stereocenters. The summed E-state index contributed by atoms with van der Waals surface area (Å²) in [6.07, 6.45) is 0. The van der Waals surface area contributed by atoms with Crippen LogP contribution < -0.4 is 0 Å². The van der Waals surface area contributed by atoms with Gasteiger partial charge in [0.2, 0.25) is 0 Å². The first kappa shape index (κ1) is 12.1. The molecule has 4 heteroatoms. The van der Waals surface area contributed by atoms with E-state index in [0.29, 0.717) is 5.56 Å². The van der Waals surface area contributed by atoms with Crippen LogP contribution in [0.3, 0.4) is 0 Å². The SMILES string of the molecule is Cc1cc(O)c(O)c(Cl)c1C(C)(C)CO. The molecule has 84 valence electrons. The summed E-state index contributed by atoms with van der Waals surface area (Å²) in [6, 6.07) is 1.44. The topological polar surface area (TPSA) is 60.7 Å². The second-order valence-electron chi connectivity index (χ2n) is 4.29. The normalized spacial score (nSPS) is 11.8. The van der Waals surface area contributed by atoms with Crippen molar-refractivity contribution in [2.75, 3.05) is 6.61 Å². The van der Waals surface area contributed by atoms with E-state index in [0.717, 1.165) is 5.56 Å². The summed E-state index contributed by atoms with van der Waals surface area (Å²) in [7, 11) is 0. The number of aliphatic hydroxyl groups is 1. The lowest BCUT2D eigenvalue weighted by Gasteiger charge is -2.26. The largest absolute Gasteiger partial charge is 0.504 e. The van der Waals surface area contributed by atoms with Crippen LogP contribution in [-0.4, -0.2) is 21.9 Å². The maximum atomic E-state index is 9.51. The van der Waals surface area contributed by atoms with Crippen LogP contribution in [0.25, 0.3) is 0 Å². The number of hydrogen-bond acceptors (Lipinski definition) is 3. The lowest BCUT2D eigenvalue weighted by Crippen LogP contribution is -2.23. The van der Waals surface area contributed by atoms with E-state index in [1.807, 2.05) is 13.8 Å². The van der Waals surface area contributed by atoms with Crippen molar-refractivity contribution >= 4 is 11.6 Å². The van der Waals surface area contributed by atoms with Gasteiger partial charge in [-0.1, -0.05) is 25.4 Å². The fraction of sp³-hybridized carbons (Fsp3) is 0.455. The van der Waals surface area contributed by atoms with Gasteiger partial charge >= 0.3 is 0 Å². The van der Waals surface area contributed by atoms with Crippen molar-refractivity contribution in [3.63, 3.8) is 0 Å². The molecule has 0 fully saturated rings. The van der Waals surface area contributed by atoms with Gasteiger partial charge in [-0.3, -0.25) is 0 Å². The second-order valence-corrected chi connectivity index (χ2v) is 4.67. The minimum absolute atomic E-state index is 0.0855. The van der Waals surface area contributed by atoms with Crippen LogP contribution in [0.2, 0.25) is 5.02 Å². The number of aromatic hydroxyl groups is 2. The van der Waals surface area contributed by atoms with Gasteiger partial charge in [0.15, 0.2) is 11.5 Å². The Labute approximate surface area is 93.9 Å². The number of benzene rings is 1. The first-order valence-electron chi connectivity index (χ1n) is 4.63. The van der Waals surface area contributed by atoms with Crippen molar-refractivity contribution in [3.8, 4) is 11.5 Å². The van der Waals surface area contributed by atoms with Crippen LogP contribution in [0, 0.1) is 6.92 Å². The summed E-state index contributed by atoms with van der Waals surface area (Å²) in [4.78, 5) is 0. The monoisotopic (exact) mass is 230 g/mol. The molecule has 1 aromatic carbocycles. The number of aryl methyl sites for hydroxylation is 1. The molecule has 0 aliphatic rings. The minimum Gasteiger partial charge on any atom is -0.504 e. The van der Waals surface area contributed by atoms with Gasteiger partial charge in [0.05, 0.1) is 11.6 Å². The average Bonchev–Trinajstić information content (AvgIpc) is 2.14. The number of rotatable bonds is 2. The van der Waals surface area contributed by atoms with Gasteiger partial charge in [-0.05, 0) is 24.1 Å². The maximum Gasteiger partial charge on any atom is 0.176 e. The standard InChI is InChI=1S/C11H15ClO3/c1-6-4-7(14)10(15)9(12)8(6)11(2,3)5-13/h4,13-15H,5H2,1-3H3. The quantitative estimate of drug-likeness (QED) is 0.684. The molecule has 3 nitrogen and oxygen atoms in total. The Morgan fingerprint density at radius 2 is 1.87 bits per heavy atom. The molecule has 0 aliphatic heterocycles. The van der Waals surface area contributed by atoms with Gasteiger partial charge in [0.25, 0.3) is 0 Å². The molecule has 0 unspecified atom stereocenters. The number of phenolic OH excluding ortho intramolecular Hbond substituents is 2. The van der Waals surface area contributed by atoms with E-state index in [1.54, 1.807) is 6.92 Å². The van der Waals surface area contributed by atoms with Crippen molar-refractivity contribution in [2.45, 2.75) is 26.2 Å². The summed E-state index contributed by atoms with van der Waals surface area (Å²) in [5.74, 6) is -0.575. The first-order chi connectivity index (χ1) is 6.81. The average molecular weight is 231 g/mol. The lowest BCUT2D eigenvalue weighted by atomic mass is 9.82. The van der Waals surface area contributed by atoms with Gasteiger partial charge in [-0.2, -0.15) is 0 Å². The van der Waals surface area contributed by atoms with Crippen LogP contribution in [-0.2, 0) is 5.41 Å². The Bertz CT molecular complexity index is 386. The van der Waals surface area contributed by atoms with Crippen LogP contribution in [0.4, 0.5) is 0 Å². The Kier molecular flexibility index (Phi) is 3.16. The molecular weight excluding hydrogens is 216 g/mol. The van der Waals surface area contributed by atoms with Gasteiger partial charge in [0.1, 0.15) is 0 Å². The zero-order chi connectivity index (χ0) is 11.8. The molecule has 0 aliphatic carbocycles. The predicted molar refractivity (Wildman–Crippen MR) is 59.6 cm³/mol. The summed E-state index contributed by atoms with van der Waals surface area (Å²) in [5.41, 5.74) is 0.850. The predicted octanol–water partition coefficient (Wildman–Crippen LogP) is 2.33. The molecule has 0 saturated heterocycles. The zero-order valence-corrected chi connectivity index (χ0v) is 9.76. The van der Waals surface area contributed by atoms with Gasteiger partial charge < -0.3 is 15.3 Å². The van der Waals surface area contributed by atoms with E-state index in [4.69, 9.17) is 11.6 Å². The van der Waals surface area contributed by atoms with Gasteiger partial charge in [-0.15, -0.1) is 0 Å². The molecule has 0 heterocycles. The molecule has 0 saturated carbocycles. The number of phenols is 2. The van der Waals surface area contributed by atoms with Crippen molar-refractivity contribution in [1.29, 1.82) is 0 Å². The maximum absolute atomic E-state index is 9.51. The molecular formula is C11H15ClO3. The summed E-state index contributed by atoms with van der Waals surface area (Å²) >= 11 is 5.95. The number of halogens is 1. The van der Waals surface area contributed by atoms with E-state index >= 15 is 0 Å². The van der Waals surface area contributed by atoms with Crippen molar-refractivity contribution in [3.05, 3.63) is 22.2 Å².